The van der Waals surface area contributed by atoms with Gasteiger partial charge in [0, 0.05) is 18.9 Å². The molecule has 0 spiro atoms. The van der Waals surface area contributed by atoms with Crippen molar-refractivity contribution >= 4 is 17.3 Å². The fourth-order valence-electron chi connectivity index (χ4n) is 3.97. The van der Waals surface area contributed by atoms with Gasteiger partial charge in [0.15, 0.2) is 11.5 Å². The third-order valence-corrected chi connectivity index (χ3v) is 5.22. The molecule has 0 unspecified atom stereocenters. The van der Waals surface area contributed by atoms with E-state index in [0.717, 1.165) is 33.9 Å². The SMILES string of the molecule is O[C@]12CNc3c(Cl)cccc3[C@H]1c1cc3c(cc1C2)OCO3. The monoisotopic (exact) mass is 315 g/mol. The predicted molar refractivity (Wildman–Crippen MR) is 83.0 cm³/mol. The molecule has 2 heterocycles. The normalized spacial score (nSPS) is 26.9. The minimum atomic E-state index is -0.838. The summed E-state index contributed by atoms with van der Waals surface area (Å²) in [6.07, 6.45) is 0.600. The number of hydrogen-bond donors (Lipinski definition) is 2. The summed E-state index contributed by atoms with van der Waals surface area (Å²) in [5.41, 5.74) is 3.35. The third kappa shape index (κ3) is 1.51. The average molecular weight is 316 g/mol. The van der Waals surface area contributed by atoms with Crippen LogP contribution < -0.4 is 14.8 Å². The number of hydrogen-bond acceptors (Lipinski definition) is 4. The molecule has 1 aliphatic carbocycles. The Kier molecular flexibility index (Phi) is 2.34. The number of nitrogens with one attached hydrogen (secondary N) is 1. The average Bonchev–Trinajstić information content (AvgIpc) is 3.05. The predicted octanol–water partition coefficient (Wildman–Crippen LogP) is 2.91. The quantitative estimate of drug-likeness (QED) is 0.785. The highest BCUT2D eigenvalue weighted by Gasteiger charge is 2.49. The Bertz CT molecular complexity index is 807. The van der Waals surface area contributed by atoms with Gasteiger partial charge in [-0.15, -0.1) is 0 Å². The Hall–Kier alpha value is -1.91. The van der Waals surface area contributed by atoms with E-state index in [9.17, 15) is 5.11 Å². The van der Waals surface area contributed by atoms with Crippen molar-refractivity contribution in [1.29, 1.82) is 0 Å². The molecule has 2 atom stereocenters. The first-order valence-electron chi connectivity index (χ1n) is 7.33. The zero-order chi connectivity index (χ0) is 14.9. The Morgan fingerprint density at radius 3 is 2.86 bits per heavy atom. The number of anilines is 1. The van der Waals surface area contributed by atoms with Crippen LogP contribution in [0.2, 0.25) is 5.02 Å². The highest BCUT2D eigenvalue weighted by Crippen LogP contribution is 2.53. The van der Waals surface area contributed by atoms with E-state index in [1.807, 2.05) is 30.3 Å². The molecule has 2 aliphatic heterocycles. The van der Waals surface area contributed by atoms with Gasteiger partial charge in [-0.25, -0.2) is 0 Å². The Morgan fingerprint density at radius 1 is 1.18 bits per heavy atom. The van der Waals surface area contributed by atoms with Gasteiger partial charge >= 0.3 is 0 Å². The van der Waals surface area contributed by atoms with E-state index < -0.39 is 5.60 Å². The number of β-amino-alcohol motifs (C(OH)–C–C–N with tert-alkyl or cyclic N) is 1. The van der Waals surface area contributed by atoms with Gasteiger partial charge < -0.3 is 19.9 Å². The topological polar surface area (TPSA) is 50.7 Å². The number of para-hydroxylation sites is 1. The lowest BCUT2D eigenvalue weighted by atomic mass is 9.79. The van der Waals surface area contributed by atoms with Gasteiger partial charge in [0.2, 0.25) is 6.79 Å². The van der Waals surface area contributed by atoms with Crippen molar-refractivity contribution in [3.63, 3.8) is 0 Å². The van der Waals surface area contributed by atoms with Crippen LogP contribution in [0.1, 0.15) is 22.6 Å². The number of benzene rings is 2. The standard InChI is InChI=1S/C17H14ClNO3/c18-12-3-1-2-10-15-11-5-14-13(21-8-22-14)4-9(11)6-17(15,20)7-19-16(10)12/h1-5,15,19-20H,6-8H2/t15-,17+/m0/s1. The fourth-order valence-corrected chi connectivity index (χ4v) is 4.22. The lowest BCUT2D eigenvalue weighted by Gasteiger charge is -2.37. The fraction of sp³-hybridized carbons (Fsp3) is 0.294. The minimum Gasteiger partial charge on any atom is -0.454 e. The van der Waals surface area contributed by atoms with Gasteiger partial charge in [-0.1, -0.05) is 23.7 Å². The van der Waals surface area contributed by atoms with E-state index in [0.29, 0.717) is 18.0 Å². The second-order valence-electron chi connectivity index (χ2n) is 6.18. The van der Waals surface area contributed by atoms with E-state index in [4.69, 9.17) is 21.1 Å². The molecular formula is C17H14ClNO3. The van der Waals surface area contributed by atoms with E-state index in [1.165, 1.54) is 0 Å². The minimum absolute atomic E-state index is 0.0908. The van der Waals surface area contributed by atoms with Crippen molar-refractivity contribution in [2.75, 3.05) is 18.7 Å². The first kappa shape index (κ1) is 12.6. The Labute approximate surface area is 132 Å². The van der Waals surface area contributed by atoms with Crippen LogP contribution in [0.5, 0.6) is 11.5 Å². The van der Waals surface area contributed by atoms with Gasteiger partial charge in [-0.05, 0) is 34.9 Å². The van der Waals surface area contributed by atoms with Crippen molar-refractivity contribution < 1.29 is 14.6 Å². The van der Waals surface area contributed by atoms with Crippen molar-refractivity contribution in [3.8, 4) is 11.5 Å². The van der Waals surface area contributed by atoms with Crippen LogP contribution in [0.25, 0.3) is 0 Å². The molecule has 3 aliphatic rings. The van der Waals surface area contributed by atoms with Crippen molar-refractivity contribution in [1.82, 2.24) is 0 Å². The van der Waals surface area contributed by atoms with Crippen LogP contribution in [-0.2, 0) is 6.42 Å². The van der Waals surface area contributed by atoms with Gasteiger partial charge in [-0.3, -0.25) is 0 Å². The maximum absolute atomic E-state index is 11.2. The maximum atomic E-state index is 11.2. The summed E-state index contributed by atoms with van der Waals surface area (Å²) in [5, 5.41) is 15.1. The zero-order valence-corrected chi connectivity index (χ0v) is 12.5. The molecule has 5 rings (SSSR count). The first-order valence-corrected chi connectivity index (χ1v) is 7.71. The van der Waals surface area contributed by atoms with Crippen molar-refractivity contribution in [2.45, 2.75) is 17.9 Å². The Balaban J connectivity index is 1.74. The summed E-state index contributed by atoms with van der Waals surface area (Å²) in [7, 11) is 0. The summed E-state index contributed by atoms with van der Waals surface area (Å²) >= 11 is 6.31. The van der Waals surface area contributed by atoms with Gasteiger partial charge in [0.25, 0.3) is 0 Å². The van der Waals surface area contributed by atoms with Gasteiger partial charge in [-0.2, -0.15) is 0 Å². The van der Waals surface area contributed by atoms with Crippen LogP contribution in [0.4, 0.5) is 5.69 Å². The smallest absolute Gasteiger partial charge is 0.231 e. The van der Waals surface area contributed by atoms with E-state index in [-0.39, 0.29) is 12.7 Å². The number of aliphatic hydroxyl groups is 1. The third-order valence-electron chi connectivity index (χ3n) is 4.91. The second-order valence-corrected chi connectivity index (χ2v) is 6.58. The summed E-state index contributed by atoms with van der Waals surface area (Å²) in [5.74, 6) is 1.43. The molecular weight excluding hydrogens is 302 g/mol. The lowest BCUT2D eigenvalue weighted by molar-refractivity contribution is 0.0454. The molecule has 5 heteroatoms. The molecule has 0 saturated heterocycles. The van der Waals surface area contributed by atoms with E-state index >= 15 is 0 Å². The Morgan fingerprint density at radius 2 is 2.00 bits per heavy atom. The molecule has 0 saturated carbocycles. The number of fused-ring (bicyclic) bond motifs is 6. The van der Waals surface area contributed by atoms with Crippen LogP contribution in [0.3, 0.4) is 0 Å². The van der Waals surface area contributed by atoms with Gasteiger partial charge in [0.05, 0.1) is 16.3 Å². The zero-order valence-electron chi connectivity index (χ0n) is 11.7. The molecule has 0 fully saturated rings. The number of ether oxygens (including phenoxy) is 2. The lowest BCUT2D eigenvalue weighted by Crippen LogP contribution is -2.45. The molecule has 0 aromatic heterocycles. The molecule has 0 bridgehead atoms. The summed E-state index contributed by atoms with van der Waals surface area (Å²) in [4.78, 5) is 0. The van der Waals surface area contributed by atoms with Crippen LogP contribution in [0, 0.1) is 0 Å². The van der Waals surface area contributed by atoms with Crippen LogP contribution >= 0.6 is 11.6 Å². The highest BCUT2D eigenvalue weighted by molar-refractivity contribution is 6.33. The largest absolute Gasteiger partial charge is 0.454 e. The molecule has 2 aromatic carbocycles. The van der Waals surface area contributed by atoms with E-state index in [2.05, 4.69) is 5.32 Å². The van der Waals surface area contributed by atoms with Crippen molar-refractivity contribution in [2.24, 2.45) is 0 Å². The molecule has 0 amide bonds. The number of halogens is 1. The van der Waals surface area contributed by atoms with Crippen LogP contribution in [-0.4, -0.2) is 24.0 Å². The maximum Gasteiger partial charge on any atom is 0.231 e. The summed E-state index contributed by atoms with van der Waals surface area (Å²) in [6.45, 7) is 0.743. The van der Waals surface area contributed by atoms with Crippen LogP contribution in [0.15, 0.2) is 30.3 Å². The van der Waals surface area contributed by atoms with Crippen molar-refractivity contribution in [3.05, 3.63) is 52.0 Å². The molecule has 2 N–H and O–H groups in total. The molecule has 4 nitrogen and oxygen atoms in total. The first-order chi connectivity index (χ1) is 10.7. The number of rotatable bonds is 0. The van der Waals surface area contributed by atoms with Gasteiger partial charge in [0.1, 0.15) is 0 Å². The molecule has 2 aromatic rings. The van der Waals surface area contributed by atoms with E-state index in [1.54, 1.807) is 0 Å². The molecule has 22 heavy (non-hydrogen) atoms. The summed E-state index contributed by atoms with van der Waals surface area (Å²) < 4.78 is 11.0. The molecule has 0 radical (unpaired) electrons. The molecule has 112 valence electrons. The highest BCUT2D eigenvalue weighted by atomic mass is 35.5. The second kappa shape index (κ2) is 4.09. The summed E-state index contributed by atoms with van der Waals surface area (Å²) in [6, 6.07) is 9.84.